The molecule has 4 aromatic rings. The number of aromatic amines is 1. The number of carbonyl (C=O) groups is 3. The number of nitro groups is 1. The molecule has 3 amide bonds. The first-order valence-corrected chi connectivity index (χ1v) is 14.7. The Morgan fingerprint density at radius 2 is 1.77 bits per heavy atom. The van der Waals surface area contributed by atoms with Gasteiger partial charge in [0.2, 0.25) is 11.8 Å². The number of fused-ring (bicyclic) bond motifs is 2. The summed E-state index contributed by atoms with van der Waals surface area (Å²) in [5.74, 6) is -3.04. The van der Waals surface area contributed by atoms with Gasteiger partial charge in [0.1, 0.15) is 11.1 Å². The van der Waals surface area contributed by atoms with Crippen molar-refractivity contribution in [3.8, 4) is 11.5 Å². The largest absolute Gasteiger partial charge is 0.493 e. The van der Waals surface area contributed by atoms with E-state index in [0.29, 0.717) is 21.2 Å². The fraction of sp³-hybridized carbons (Fsp3) is 0.172. The Kier molecular flexibility index (Phi) is 7.65. The summed E-state index contributed by atoms with van der Waals surface area (Å²) in [7, 11) is 1.41. The zero-order valence-corrected chi connectivity index (χ0v) is 24.3. The molecule has 3 aromatic carbocycles. The molecule has 1 aromatic heterocycles. The van der Waals surface area contributed by atoms with Crippen molar-refractivity contribution in [3.05, 3.63) is 103 Å². The topological polar surface area (TPSA) is 161 Å². The molecule has 0 aliphatic carbocycles. The van der Waals surface area contributed by atoms with E-state index in [1.807, 2.05) is 0 Å². The molecular weight excluding hydrogens is 615 g/mol. The number of carbonyl (C=O) groups excluding carboxylic acids is 3. The van der Waals surface area contributed by atoms with Crippen LogP contribution < -0.4 is 24.6 Å². The minimum Gasteiger partial charge on any atom is -0.493 e. The number of aromatic nitrogens is 1. The van der Waals surface area contributed by atoms with Crippen LogP contribution in [0.5, 0.6) is 11.5 Å². The molecule has 2 N–H and O–H groups in total. The van der Waals surface area contributed by atoms with Gasteiger partial charge in [0, 0.05) is 28.6 Å². The number of nitrogens with one attached hydrogen (secondary N) is 2. The smallest absolute Gasteiger partial charge is 0.305 e. The van der Waals surface area contributed by atoms with Crippen molar-refractivity contribution in [2.24, 2.45) is 5.92 Å². The lowest BCUT2D eigenvalue weighted by molar-refractivity contribution is -0.384. The number of nitrogens with zero attached hydrogens (tertiary/aromatic N) is 2. The number of thiazole rings is 1. The summed E-state index contributed by atoms with van der Waals surface area (Å²) >= 11 is 2.05. The number of hydrogen-bond acceptors (Lipinski definition) is 10. The van der Waals surface area contributed by atoms with Crippen molar-refractivity contribution < 1.29 is 33.2 Å². The minimum absolute atomic E-state index is 0.181. The second kappa shape index (κ2) is 11.6. The summed E-state index contributed by atoms with van der Waals surface area (Å²) in [6, 6.07) is 15.3. The number of non-ortho nitro benzene ring substituents is 1. The van der Waals surface area contributed by atoms with Crippen LogP contribution in [0, 0.1) is 21.8 Å². The third-order valence-electron chi connectivity index (χ3n) is 7.18. The van der Waals surface area contributed by atoms with Crippen LogP contribution in [0.2, 0.25) is 0 Å². The van der Waals surface area contributed by atoms with Gasteiger partial charge in [-0.2, -0.15) is 0 Å². The molecule has 44 heavy (non-hydrogen) atoms. The maximum Gasteiger partial charge on any atom is 0.305 e. The number of thioether (sulfide) groups is 1. The molecule has 12 nitrogen and oxygen atoms in total. The highest BCUT2D eigenvalue weighted by Gasteiger charge is 2.56. The van der Waals surface area contributed by atoms with E-state index in [-0.39, 0.29) is 34.4 Å². The number of anilines is 2. The highest BCUT2D eigenvalue weighted by molar-refractivity contribution is 8.00. The normalized spacial score (nSPS) is 18.9. The summed E-state index contributed by atoms with van der Waals surface area (Å²) in [6.45, 7) is -0.376. The maximum atomic E-state index is 13.9. The van der Waals surface area contributed by atoms with E-state index in [9.17, 15) is 33.7 Å². The van der Waals surface area contributed by atoms with Crippen molar-refractivity contribution in [1.82, 2.24) is 4.98 Å². The summed E-state index contributed by atoms with van der Waals surface area (Å²) in [6.07, 6.45) is 0. The molecule has 3 heterocycles. The number of rotatable bonds is 8. The van der Waals surface area contributed by atoms with Gasteiger partial charge in [0.25, 0.3) is 11.6 Å². The minimum atomic E-state index is -0.889. The van der Waals surface area contributed by atoms with E-state index < -0.39 is 45.5 Å². The predicted molar refractivity (Wildman–Crippen MR) is 159 cm³/mol. The van der Waals surface area contributed by atoms with Crippen molar-refractivity contribution in [3.63, 3.8) is 0 Å². The molecule has 1 fully saturated rings. The molecule has 2 aliphatic heterocycles. The van der Waals surface area contributed by atoms with Crippen LogP contribution in [0.1, 0.15) is 16.4 Å². The van der Waals surface area contributed by atoms with E-state index in [4.69, 9.17) is 9.47 Å². The van der Waals surface area contributed by atoms with Crippen molar-refractivity contribution in [1.29, 1.82) is 0 Å². The Morgan fingerprint density at radius 1 is 1.05 bits per heavy atom. The maximum absolute atomic E-state index is 13.9. The van der Waals surface area contributed by atoms with Gasteiger partial charge < -0.3 is 19.8 Å². The summed E-state index contributed by atoms with van der Waals surface area (Å²) in [4.78, 5) is 66.8. The lowest BCUT2D eigenvalue weighted by Gasteiger charge is -2.30. The molecule has 2 aliphatic rings. The van der Waals surface area contributed by atoms with Crippen molar-refractivity contribution in [2.75, 3.05) is 23.9 Å². The zero-order valence-electron chi connectivity index (χ0n) is 22.6. The van der Waals surface area contributed by atoms with Crippen LogP contribution >= 0.6 is 23.1 Å². The van der Waals surface area contributed by atoms with E-state index in [1.165, 1.54) is 55.6 Å². The third kappa shape index (κ3) is 5.31. The molecule has 2 unspecified atom stereocenters. The number of benzene rings is 3. The predicted octanol–water partition coefficient (Wildman–Crippen LogP) is 4.31. The number of nitro benzene ring substituents is 1. The monoisotopic (exact) mass is 636 g/mol. The van der Waals surface area contributed by atoms with Gasteiger partial charge in [0.05, 0.1) is 28.7 Å². The van der Waals surface area contributed by atoms with E-state index in [0.717, 1.165) is 28.0 Å². The van der Waals surface area contributed by atoms with Gasteiger partial charge >= 0.3 is 4.87 Å². The Hall–Kier alpha value is -5.02. The average Bonchev–Trinajstić information content (AvgIpc) is 3.51. The number of imide groups is 1. The van der Waals surface area contributed by atoms with Crippen LogP contribution in [0.15, 0.2) is 76.6 Å². The summed E-state index contributed by atoms with van der Waals surface area (Å²) in [5, 5.41) is 13.3. The molecule has 15 heteroatoms. The standard InChI is InChI=1S/C29H21FN4O8S2/c1-41-20-12-14(2-11-19(20)42-13-21(35)31-16-5-3-15(30)4-6-16)22-23-25(43-26-24(22)44-29(38)32-26)28(37)33(27(23)36)17-7-9-18(10-8-17)34(39)40/h2-12,22-23,25H,13H2,1H3,(H,31,35)(H,32,38)/t22-,23?,25?/m1/s1. The summed E-state index contributed by atoms with van der Waals surface area (Å²) < 4.78 is 24.4. The number of methoxy groups -OCH3 is 1. The average molecular weight is 637 g/mol. The lowest BCUT2D eigenvalue weighted by atomic mass is 9.83. The fourth-order valence-electron chi connectivity index (χ4n) is 5.22. The number of hydrogen-bond donors (Lipinski definition) is 2. The van der Waals surface area contributed by atoms with Crippen LogP contribution in [0.4, 0.5) is 21.5 Å². The second-order valence-electron chi connectivity index (χ2n) is 9.79. The number of ether oxygens (including phenoxy) is 2. The molecule has 3 atom stereocenters. The Balaban J connectivity index is 1.29. The first kappa shape index (κ1) is 29.1. The SMILES string of the molecule is COc1cc([C@H]2c3sc(=O)[nH]c3SC3C(=O)N(c4ccc([N+](=O)[O-])cc4)C(=O)C32)ccc1OCC(=O)Nc1ccc(F)cc1. The molecule has 6 rings (SSSR count). The van der Waals surface area contributed by atoms with Crippen molar-refractivity contribution in [2.45, 2.75) is 16.2 Å². The number of amides is 3. The van der Waals surface area contributed by atoms with Gasteiger partial charge in [-0.1, -0.05) is 29.2 Å². The fourth-order valence-corrected chi connectivity index (χ4v) is 7.74. The Bertz CT molecular complexity index is 1860. The highest BCUT2D eigenvalue weighted by atomic mass is 32.2. The first-order valence-electron chi connectivity index (χ1n) is 13.0. The number of H-pyrrole nitrogens is 1. The molecule has 224 valence electrons. The van der Waals surface area contributed by atoms with Gasteiger partial charge in [-0.3, -0.25) is 29.3 Å². The molecular formula is C29H21FN4O8S2. The second-order valence-corrected chi connectivity index (χ2v) is 12.0. The molecule has 0 bridgehead atoms. The van der Waals surface area contributed by atoms with Crippen LogP contribution in [-0.2, 0) is 14.4 Å². The van der Waals surface area contributed by atoms with Crippen LogP contribution in [0.3, 0.4) is 0 Å². The first-order chi connectivity index (χ1) is 21.1. The number of halogens is 1. The molecule has 0 saturated carbocycles. The van der Waals surface area contributed by atoms with Gasteiger partial charge in [-0.25, -0.2) is 9.29 Å². The van der Waals surface area contributed by atoms with Crippen LogP contribution in [-0.4, -0.2) is 46.6 Å². The van der Waals surface area contributed by atoms with Crippen LogP contribution in [0.25, 0.3) is 0 Å². The Labute approximate surface area is 255 Å². The lowest BCUT2D eigenvalue weighted by Crippen LogP contribution is -2.32. The van der Waals surface area contributed by atoms with Crippen molar-refractivity contribution >= 4 is 57.9 Å². The highest BCUT2D eigenvalue weighted by Crippen LogP contribution is 2.53. The van der Waals surface area contributed by atoms with E-state index in [2.05, 4.69) is 10.3 Å². The zero-order chi connectivity index (χ0) is 31.1. The molecule has 0 spiro atoms. The van der Waals surface area contributed by atoms with Gasteiger partial charge in [-0.15, -0.1) is 0 Å². The molecule has 0 radical (unpaired) electrons. The summed E-state index contributed by atoms with van der Waals surface area (Å²) in [5.41, 5.74) is 0.992. The van der Waals surface area contributed by atoms with E-state index in [1.54, 1.807) is 18.2 Å². The molecule has 1 saturated heterocycles. The Morgan fingerprint density at radius 3 is 2.45 bits per heavy atom. The van der Waals surface area contributed by atoms with E-state index >= 15 is 0 Å². The third-order valence-corrected chi connectivity index (χ3v) is 9.58. The van der Waals surface area contributed by atoms with Gasteiger partial charge in [-0.05, 0) is 54.1 Å². The quantitative estimate of drug-likeness (QED) is 0.163. The van der Waals surface area contributed by atoms with Gasteiger partial charge in [0.15, 0.2) is 18.1 Å².